The second-order valence-electron chi connectivity index (χ2n) is 3.12. The maximum absolute atomic E-state index is 13.3. The van der Waals surface area contributed by atoms with Crippen LogP contribution in [-0.4, -0.2) is 19.0 Å². The molecule has 1 aliphatic heterocycles. The molecule has 1 aliphatic rings. The number of rotatable bonds is 1. The standard InChI is InChI=1S/C10H8FNO3/c1-15-10(14)5-2-3-7(11)8-6(5)4-12-9(8)13/h2-3H,4H2,1H3,(H,12,13). The van der Waals surface area contributed by atoms with E-state index >= 15 is 0 Å². The molecule has 0 radical (unpaired) electrons. The van der Waals surface area contributed by atoms with Gasteiger partial charge in [0.1, 0.15) is 5.82 Å². The highest BCUT2D eigenvalue weighted by Crippen LogP contribution is 2.23. The van der Waals surface area contributed by atoms with Crippen LogP contribution in [0.5, 0.6) is 0 Å². The van der Waals surface area contributed by atoms with Crippen LogP contribution in [0.2, 0.25) is 0 Å². The molecular formula is C10H8FNO3. The quantitative estimate of drug-likeness (QED) is 0.698. The van der Waals surface area contributed by atoms with Gasteiger partial charge in [0, 0.05) is 12.1 Å². The van der Waals surface area contributed by atoms with E-state index in [1.54, 1.807) is 0 Å². The predicted octanol–water partition coefficient (Wildman–Crippen LogP) is 0.856. The SMILES string of the molecule is COC(=O)c1ccc(F)c2c1CNC2=O. The fourth-order valence-corrected chi connectivity index (χ4v) is 1.61. The maximum Gasteiger partial charge on any atom is 0.338 e. The van der Waals surface area contributed by atoms with Crippen molar-refractivity contribution in [3.05, 3.63) is 34.6 Å². The molecule has 1 heterocycles. The van der Waals surface area contributed by atoms with Gasteiger partial charge in [0.15, 0.2) is 0 Å². The van der Waals surface area contributed by atoms with Gasteiger partial charge >= 0.3 is 5.97 Å². The van der Waals surface area contributed by atoms with Crippen molar-refractivity contribution in [2.45, 2.75) is 6.54 Å². The number of carbonyl (C=O) groups is 2. The highest BCUT2D eigenvalue weighted by molar-refractivity contribution is 6.03. The van der Waals surface area contributed by atoms with E-state index in [0.29, 0.717) is 5.56 Å². The van der Waals surface area contributed by atoms with Crippen molar-refractivity contribution in [1.29, 1.82) is 0 Å². The summed E-state index contributed by atoms with van der Waals surface area (Å²) in [5, 5.41) is 2.46. The summed E-state index contributed by atoms with van der Waals surface area (Å²) in [6, 6.07) is 2.41. The Morgan fingerprint density at radius 3 is 2.93 bits per heavy atom. The molecule has 0 spiro atoms. The molecule has 0 fully saturated rings. The Labute approximate surface area is 85.0 Å². The lowest BCUT2D eigenvalue weighted by Crippen LogP contribution is -2.13. The molecule has 0 saturated carbocycles. The summed E-state index contributed by atoms with van der Waals surface area (Å²) in [6.07, 6.45) is 0. The molecule has 78 valence electrons. The van der Waals surface area contributed by atoms with E-state index in [1.165, 1.54) is 13.2 Å². The fourth-order valence-electron chi connectivity index (χ4n) is 1.61. The van der Waals surface area contributed by atoms with Crippen molar-refractivity contribution in [1.82, 2.24) is 5.32 Å². The van der Waals surface area contributed by atoms with Crippen LogP contribution in [0.1, 0.15) is 26.3 Å². The van der Waals surface area contributed by atoms with Crippen molar-refractivity contribution in [2.75, 3.05) is 7.11 Å². The second-order valence-corrected chi connectivity index (χ2v) is 3.12. The van der Waals surface area contributed by atoms with E-state index in [-0.39, 0.29) is 17.7 Å². The number of nitrogens with one attached hydrogen (secondary N) is 1. The summed E-state index contributed by atoms with van der Waals surface area (Å²) < 4.78 is 17.8. The summed E-state index contributed by atoms with van der Waals surface area (Å²) in [5.41, 5.74) is 0.539. The van der Waals surface area contributed by atoms with Crippen molar-refractivity contribution in [2.24, 2.45) is 0 Å². The Morgan fingerprint density at radius 1 is 1.53 bits per heavy atom. The average Bonchev–Trinajstić information content (AvgIpc) is 2.61. The number of hydrogen-bond donors (Lipinski definition) is 1. The number of amides is 1. The van der Waals surface area contributed by atoms with E-state index in [4.69, 9.17) is 0 Å². The Hall–Kier alpha value is -1.91. The number of fused-ring (bicyclic) bond motifs is 1. The first-order chi connectivity index (χ1) is 7.15. The largest absolute Gasteiger partial charge is 0.465 e. The molecule has 0 bridgehead atoms. The van der Waals surface area contributed by atoms with Gasteiger partial charge in [-0.15, -0.1) is 0 Å². The van der Waals surface area contributed by atoms with Gasteiger partial charge in [-0.05, 0) is 12.1 Å². The van der Waals surface area contributed by atoms with Gasteiger partial charge in [-0.25, -0.2) is 9.18 Å². The normalized spacial score (nSPS) is 13.3. The first kappa shape index (κ1) is 9.64. The van der Waals surface area contributed by atoms with Gasteiger partial charge in [0.2, 0.25) is 0 Å². The smallest absolute Gasteiger partial charge is 0.338 e. The van der Waals surface area contributed by atoms with Crippen LogP contribution < -0.4 is 5.32 Å². The lowest BCUT2D eigenvalue weighted by molar-refractivity contribution is 0.0599. The second kappa shape index (κ2) is 3.34. The van der Waals surface area contributed by atoms with Crippen molar-refractivity contribution < 1.29 is 18.7 Å². The minimum atomic E-state index is -0.618. The highest BCUT2D eigenvalue weighted by atomic mass is 19.1. The van der Waals surface area contributed by atoms with Crippen molar-refractivity contribution in [3.63, 3.8) is 0 Å². The van der Waals surface area contributed by atoms with Gasteiger partial charge in [0.05, 0.1) is 18.2 Å². The summed E-state index contributed by atoms with van der Waals surface area (Å²) in [4.78, 5) is 22.6. The summed E-state index contributed by atoms with van der Waals surface area (Å²) in [6.45, 7) is 0.163. The van der Waals surface area contributed by atoms with E-state index < -0.39 is 17.7 Å². The summed E-state index contributed by atoms with van der Waals surface area (Å²) in [7, 11) is 1.24. The molecule has 0 saturated heterocycles. The van der Waals surface area contributed by atoms with Crippen LogP contribution in [0, 0.1) is 5.82 Å². The van der Waals surface area contributed by atoms with Gasteiger partial charge < -0.3 is 10.1 Å². The van der Waals surface area contributed by atoms with Gasteiger partial charge in [-0.2, -0.15) is 0 Å². The maximum atomic E-state index is 13.3. The zero-order valence-corrected chi connectivity index (χ0v) is 7.96. The zero-order valence-electron chi connectivity index (χ0n) is 7.96. The van der Waals surface area contributed by atoms with Gasteiger partial charge in [-0.1, -0.05) is 0 Å². The number of benzene rings is 1. The summed E-state index contributed by atoms with van der Waals surface area (Å²) in [5.74, 6) is -1.68. The number of carbonyl (C=O) groups excluding carboxylic acids is 2. The van der Waals surface area contributed by atoms with Crippen LogP contribution in [0.15, 0.2) is 12.1 Å². The van der Waals surface area contributed by atoms with E-state index in [1.807, 2.05) is 0 Å². The molecule has 4 nitrogen and oxygen atoms in total. The lowest BCUT2D eigenvalue weighted by Gasteiger charge is -2.04. The molecule has 1 N–H and O–H groups in total. The van der Waals surface area contributed by atoms with E-state index in [0.717, 1.165) is 6.07 Å². The Morgan fingerprint density at radius 2 is 2.27 bits per heavy atom. The zero-order chi connectivity index (χ0) is 11.0. The Bertz CT molecular complexity index is 456. The van der Waals surface area contributed by atoms with Crippen LogP contribution in [0.3, 0.4) is 0 Å². The van der Waals surface area contributed by atoms with Crippen LogP contribution >= 0.6 is 0 Å². The number of esters is 1. The molecule has 1 amide bonds. The number of methoxy groups -OCH3 is 1. The first-order valence-corrected chi connectivity index (χ1v) is 4.33. The molecule has 2 rings (SSSR count). The third-order valence-electron chi connectivity index (χ3n) is 2.32. The molecule has 0 aliphatic carbocycles. The molecule has 0 aromatic heterocycles. The van der Waals surface area contributed by atoms with Gasteiger partial charge in [-0.3, -0.25) is 4.79 Å². The third-order valence-corrected chi connectivity index (χ3v) is 2.32. The molecule has 1 aromatic rings. The molecule has 1 aromatic carbocycles. The minimum absolute atomic E-state index is 0.0575. The topological polar surface area (TPSA) is 55.4 Å². The number of hydrogen-bond acceptors (Lipinski definition) is 3. The molecule has 0 unspecified atom stereocenters. The van der Waals surface area contributed by atoms with Crippen LogP contribution in [0.25, 0.3) is 0 Å². The van der Waals surface area contributed by atoms with Gasteiger partial charge in [0.25, 0.3) is 5.91 Å². The Balaban J connectivity index is 2.62. The van der Waals surface area contributed by atoms with E-state index in [2.05, 4.69) is 10.1 Å². The first-order valence-electron chi connectivity index (χ1n) is 4.33. The third kappa shape index (κ3) is 1.36. The predicted molar refractivity (Wildman–Crippen MR) is 48.9 cm³/mol. The summed E-state index contributed by atoms with van der Waals surface area (Å²) >= 11 is 0. The molecule has 15 heavy (non-hydrogen) atoms. The minimum Gasteiger partial charge on any atom is -0.465 e. The number of ether oxygens (including phenoxy) is 1. The van der Waals surface area contributed by atoms with Crippen molar-refractivity contribution >= 4 is 11.9 Å². The monoisotopic (exact) mass is 209 g/mol. The van der Waals surface area contributed by atoms with Crippen LogP contribution in [0.4, 0.5) is 4.39 Å². The van der Waals surface area contributed by atoms with Crippen molar-refractivity contribution in [3.8, 4) is 0 Å². The van der Waals surface area contributed by atoms with E-state index in [9.17, 15) is 14.0 Å². The Kier molecular flexibility index (Phi) is 2.15. The molecule has 0 atom stereocenters. The molecule has 5 heteroatoms. The van der Waals surface area contributed by atoms with Crippen LogP contribution in [-0.2, 0) is 11.3 Å². The average molecular weight is 209 g/mol. The number of halogens is 1. The molecular weight excluding hydrogens is 201 g/mol. The fraction of sp³-hybridized carbons (Fsp3) is 0.200. The lowest BCUT2D eigenvalue weighted by atomic mass is 10.0. The highest BCUT2D eigenvalue weighted by Gasteiger charge is 2.28.